The van der Waals surface area contributed by atoms with Gasteiger partial charge in [0.05, 0.1) is 6.20 Å². The highest BCUT2D eigenvalue weighted by Gasteiger charge is 2.26. The predicted molar refractivity (Wildman–Crippen MR) is 77.7 cm³/mol. The standard InChI is InChI=1S/C13H15N5OS/c19-12(17-13-16-5-8-20-13)10-1-6-18(7-2-10)11-9-14-3-4-15-11/h3-5,8-10H,1-2,6-7H2,(H,16,17,19). The fourth-order valence-electron chi connectivity index (χ4n) is 2.32. The van der Waals surface area contributed by atoms with Crippen LogP contribution in [0.1, 0.15) is 12.8 Å². The highest BCUT2D eigenvalue weighted by atomic mass is 32.1. The molecule has 0 bridgehead atoms. The molecule has 2 aromatic heterocycles. The Labute approximate surface area is 120 Å². The summed E-state index contributed by atoms with van der Waals surface area (Å²) in [5, 5.41) is 5.39. The molecule has 2 aromatic rings. The van der Waals surface area contributed by atoms with Gasteiger partial charge in [0.25, 0.3) is 0 Å². The van der Waals surface area contributed by atoms with E-state index >= 15 is 0 Å². The lowest BCUT2D eigenvalue weighted by Crippen LogP contribution is -2.38. The van der Waals surface area contributed by atoms with Crippen molar-refractivity contribution in [2.24, 2.45) is 5.92 Å². The van der Waals surface area contributed by atoms with Crippen molar-refractivity contribution < 1.29 is 4.79 Å². The molecular weight excluding hydrogens is 274 g/mol. The minimum absolute atomic E-state index is 0.0480. The van der Waals surface area contributed by atoms with Gasteiger partial charge in [-0.05, 0) is 12.8 Å². The van der Waals surface area contributed by atoms with Crippen LogP contribution in [0, 0.1) is 5.92 Å². The summed E-state index contributed by atoms with van der Waals surface area (Å²) in [6.07, 6.45) is 8.46. The highest BCUT2D eigenvalue weighted by molar-refractivity contribution is 7.13. The van der Waals surface area contributed by atoms with E-state index in [1.54, 1.807) is 24.8 Å². The molecule has 0 atom stereocenters. The van der Waals surface area contributed by atoms with Crippen LogP contribution in [-0.2, 0) is 4.79 Å². The molecule has 1 N–H and O–H groups in total. The monoisotopic (exact) mass is 289 g/mol. The van der Waals surface area contributed by atoms with Gasteiger partial charge in [-0.25, -0.2) is 9.97 Å². The maximum Gasteiger partial charge on any atom is 0.229 e. The summed E-state index contributed by atoms with van der Waals surface area (Å²) in [7, 11) is 0. The van der Waals surface area contributed by atoms with Gasteiger partial charge < -0.3 is 10.2 Å². The second-order valence-corrected chi connectivity index (χ2v) is 5.55. The van der Waals surface area contributed by atoms with E-state index in [-0.39, 0.29) is 11.8 Å². The Bertz CT molecular complexity index is 551. The lowest BCUT2D eigenvalue weighted by atomic mass is 9.96. The molecular formula is C13H15N5OS. The molecule has 0 unspecified atom stereocenters. The topological polar surface area (TPSA) is 71.0 Å². The molecule has 0 aromatic carbocycles. The molecule has 0 aliphatic carbocycles. The van der Waals surface area contributed by atoms with Crippen molar-refractivity contribution >= 4 is 28.2 Å². The average Bonchev–Trinajstić information content (AvgIpc) is 3.01. The summed E-state index contributed by atoms with van der Waals surface area (Å²) in [6, 6.07) is 0. The first kappa shape index (κ1) is 13.0. The summed E-state index contributed by atoms with van der Waals surface area (Å²) >= 11 is 1.44. The molecule has 0 saturated carbocycles. The van der Waals surface area contributed by atoms with Crippen LogP contribution in [0.2, 0.25) is 0 Å². The van der Waals surface area contributed by atoms with Gasteiger partial charge in [-0.2, -0.15) is 0 Å². The molecule has 3 rings (SSSR count). The third-order valence-corrected chi connectivity index (χ3v) is 4.09. The highest BCUT2D eigenvalue weighted by Crippen LogP contribution is 2.22. The van der Waals surface area contributed by atoms with Crippen LogP contribution in [0.3, 0.4) is 0 Å². The fraction of sp³-hybridized carbons (Fsp3) is 0.385. The Hall–Kier alpha value is -2.02. The van der Waals surface area contributed by atoms with Crippen molar-refractivity contribution in [1.82, 2.24) is 15.0 Å². The molecule has 104 valence electrons. The number of anilines is 2. The van der Waals surface area contributed by atoms with Gasteiger partial charge in [-0.3, -0.25) is 9.78 Å². The van der Waals surface area contributed by atoms with Crippen molar-refractivity contribution in [3.63, 3.8) is 0 Å². The number of rotatable bonds is 3. The number of carbonyl (C=O) groups is 1. The first-order valence-electron chi connectivity index (χ1n) is 6.54. The number of carbonyl (C=O) groups excluding carboxylic acids is 1. The Balaban J connectivity index is 1.54. The van der Waals surface area contributed by atoms with E-state index in [4.69, 9.17) is 0 Å². The van der Waals surface area contributed by atoms with Crippen LogP contribution < -0.4 is 10.2 Å². The van der Waals surface area contributed by atoms with Gasteiger partial charge >= 0.3 is 0 Å². The minimum atomic E-state index is 0.0480. The molecule has 1 saturated heterocycles. The summed E-state index contributed by atoms with van der Waals surface area (Å²) in [6.45, 7) is 1.66. The second-order valence-electron chi connectivity index (χ2n) is 4.65. The Kier molecular flexibility index (Phi) is 3.87. The predicted octanol–water partition coefficient (Wildman–Crippen LogP) is 1.79. The SMILES string of the molecule is O=C(Nc1nccs1)C1CCN(c2cnccn2)CC1. The number of nitrogens with zero attached hydrogens (tertiary/aromatic N) is 4. The van der Waals surface area contributed by atoms with Gasteiger partial charge in [0.1, 0.15) is 5.82 Å². The van der Waals surface area contributed by atoms with Crippen LogP contribution in [0.5, 0.6) is 0 Å². The molecule has 7 heteroatoms. The van der Waals surface area contributed by atoms with Crippen LogP contribution in [-0.4, -0.2) is 33.9 Å². The molecule has 0 spiro atoms. The Morgan fingerprint density at radius 3 is 2.75 bits per heavy atom. The van der Waals surface area contributed by atoms with Gasteiger partial charge in [0.2, 0.25) is 5.91 Å². The summed E-state index contributed by atoms with van der Waals surface area (Å²) in [5.74, 6) is 0.997. The number of nitrogens with one attached hydrogen (secondary N) is 1. The van der Waals surface area contributed by atoms with E-state index in [9.17, 15) is 4.79 Å². The molecule has 6 nitrogen and oxygen atoms in total. The molecule has 1 amide bonds. The van der Waals surface area contributed by atoms with Crippen molar-refractivity contribution in [2.45, 2.75) is 12.8 Å². The molecule has 1 fully saturated rings. The maximum absolute atomic E-state index is 12.1. The number of amides is 1. The third kappa shape index (κ3) is 2.93. The molecule has 3 heterocycles. The van der Waals surface area contributed by atoms with Crippen LogP contribution >= 0.6 is 11.3 Å². The van der Waals surface area contributed by atoms with Crippen molar-refractivity contribution in [3.05, 3.63) is 30.2 Å². The quantitative estimate of drug-likeness (QED) is 0.932. The number of piperidine rings is 1. The van der Waals surface area contributed by atoms with Crippen molar-refractivity contribution in [2.75, 3.05) is 23.3 Å². The first-order valence-corrected chi connectivity index (χ1v) is 7.42. The van der Waals surface area contributed by atoms with Crippen molar-refractivity contribution in [3.8, 4) is 0 Å². The zero-order chi connectivity index (χ0) is 13.8. The molecule has 0 radical (unpaired) electrons. The summed E-state index contributed by atoms with van der Waals surface area (Å²) < 4.78 is 0. The molecule has 1 aliphatic rings. The van der Waals surface area contributed by atoms with Gasteiger partial charge in [-0.15, -0.1) is 11.3 Å². The van der Waals surface area contributed by atoms with Gasteiger partial charge in [-0.1, -0.05) is 0 Å². The van der Waals surface area contributed by atoms with E-state index in [0.717, 1.165) is 31.7 Å². The minimum Gasteiger partial charge on any atom is -0.355 e. The van der Waals surface area contributed by atoms with E-state index in [1.165, 1.54) is 11.3 Å². The van der Waals surface area contributed by atoms with Crippen LogP contribution in [0.25, 0.3) is 0 Å². The lowest BCUT2D eigenvalue weighted by molar-refractivity contribution is -0.120. The van der Waals surface area contributed by atoms with Gasteiger partial charge in [0, 0.05) is 43.0 Å². The Morgan fingerprint density at radius 2 is 2.10 bits per heavy atom. The van der Waals surface area contributed by atoms with Crippen molar-refractivity contribution in [1.29, 1.82) is 0 Å². The fourth-order valence-corrected chi connectivity index (χ4v) is 2.85. The number of aromatic nitrogens is 3. The Morgan fingerprint density at radius 1 is 1.25 bits per heavy atom. The average molecular weight is 289 g/mol. The maximum atomic E-state index is 12.1. The molecule has 1 aliphatic heterocycles. The van der Waals surface area contributed by atoms with Gasteiger partial charge in [0.15, 0.2) is 5.13 Å². The number of hydrogen-bond donors (Lipinski definition) is 1. The second kappa shape index (κ2) is 5.96. The molecule has 20 heavy (non-hydrogen) atoms. The zero-order valence-electron chi connectivity index (χ0n) is 10.9. The smallest absolute Gasteiger partial charge is 0.229 e. The number of thiazole rings is 1. The normalized spacial score (nSPS) is 16.1. The summed E-state index contributed by atoms with van der Waals surface area (Å²) in [5.41, 5.74) is 0. The number of hydrogen-bond acceptors (Lipinski definition) is 6. The van der Waals surface area contributed by atoms with E-state index in [1.807, 2.05) is 5.38 Å². The van der Waals surface area contributed by atoms with E-state index in [2.05, 4.69) is 25.2 Å². The van der Waals surface area contributed by atoms with Crippen LogP contribution in [0.4, 0.5) is 10.9 Å². The van der Waals surface area contributed by atoms with E-state index < -0.39 is 0 Å². The lowest BCUT2D eigenvalue weighted by Gasteiger charge is -2.31. The van der Waals surface area contributed by atoms with E-state index in [0.29, 0.717) is 5.13 Å². The zero-order valence-corrected chi connectivity index (χ0v) is 11.7. The third-order valence-electron chi connectivity index (χ3n) is 3.40. The van der Waals surface area contributed by atoms with Crippen LogP contribution in [0.15, 0.2) is 30.2 Å². The first-order chi connectivity index (χ1) is 9.83. The summed E-state index contributed by atoms with van der Waals surface area (Å²) in [4.78, 5) is 26.7. The largest absolute Gasteiger partial charge is 0.355 e.